The molecule has 0 fully saturated rings. The first-order valence-corrected chi connectivity index (χ1v) is 7.27. The van der Waals surface area contributed by atoms with Crippen LogP contribution in [-0.2, 0) is 9.84 Å². The highest BCUT2D eigenvalue weighted by molar-refractivity contribution is 9.09. The Morgan fingerprint density at radius 1 is 1.23 bits per heavy atom. The van der Waals surface area contributed by atoms with Crippen molar-refractivity contribution >= 4 is 25.8 Å². The average molecular weight is 269 g/mol. The number of hydrogen-bond acceptors (Lipinski definition) is 2. The summed E-state index contributed by atoms with van der Waals surface area (Å²) in [6.45, 7) is 3.44. The first kappa shape index (κ1) is 13.2. The summed E-state index contributed by atoms with van der Waals surface area (Å²) in [6, 6.07) is 0. The van der Waals surface area contributed by atoms with Crippen LogP contribution in [0.1, 0.15) is 26.7 Å². The first-order chi connectivity index (χ1) is 6.00. The maximum atomic E-state index is 11.3. The second kappa shape index (κ2) is 6.60. The number of alkyl halides is 1. The van der Waals surface area contributed by atoms with E-state index in [4.69, 9.17) is 0 Å². The van der Waals surface area contributed by atoms with E-state index in [-0.39, 0.29) is 11.0 Å². The Labute approximate surface area is 89.5 Å². The van der Waals surface area contributed by atoms with Crippen molar-refractivity contribution < 1.29 is 8.42 Å². The predicted octanol–water partition coefficient (Wildman–Crippen LogP) is 2.54. The van der Waals surface area contributed by atoms with Crippen LogP contribution in [0.4, 0.5) is 0 Å². The largest absolute Gasteiger partial charge is 0.229 e. The molecule has 0 aromatic rings. The van der Waals surface area contributed by atoms with Crippen molar-refractivity contribution in [1.82, 2.24) is 0 Å². The fraction of sp³-hybridized carbons (Fsp3) is 0.778. The van der Waals surface area contributed by atoms with Gasteiger partial charge in [0.1, 0.15) is 0 Å². The zero-order valence-corrected chi connectivity index (χ0v) is 10.6. The van der Waals surface area contributed by atoms with Crippen LogP contribution < -0.4 is 0 Å². The van der Waals surface area contributed by atoms with Gasteiger partial charge in [-0.15, -0.1) is 0 Å². The molecule has 78 valence electrons. The molecule has 0 saturated heterocycles. The van der Waals surface area contributed by atoms with Crippen LogP contribution in [0.25, 0.3) is 0 Å². The van der Waals surface area contributed by atoms with Gasteiger partial charge in [0.15, 0.2) is 9.84 Å². The first-order valence-electron chi connectivity index (χ1n) is 4.43. The molecular formula is C9H17BrO2S. The van der Waals surface area contributed by atoms with Crippen molar-refractivity contribution in [3.63, 3.8) is 0 Å². The van der Waals surface area contributed by atoms with Crippen LogP contribution in [0.2, 0.25) is 0 Å². The van der Waals surface area contributed by atoms with Crippen LogP contribution in [0.5, 0.6) is 0 Å². The second-order valence-corrected chi connectivity index (χ2v) is 6.62. The molecule has 4 heteroatoms. The Balaban J connectivity index is 3.77. The second-order valence-electron chi connectivity index (χ2n) is 3.15. The van der Waals surface area contributed by atoms with Crippen molar-refractivity contribution in [2.24, 2.45) is 0 Å². The Morgan fingerprint density at radius 2 is 1.77 bits per heavy atom. The molecule has 0 radical (unpaired) electrons. The molecule has 0 rings (SSSR count). The lowest BCUT2D eigenvalue weighted by Crippen LogP contribution is -2.17. The monoisotopic (exact) mass is 268 g/mol. The van der Waals surface area contributed by atoms with E-state index in [0.717, 1.165) is 11.8 Å². The van der Waals surface area contributed by atoms with Crippen molar-refractivity contribution in [1.29, 1.82) is 0 Å². The molecule has 0 aliphatic carbocycles. The van der Waals surface area contributed by atoms with Crippen LogP contribution in [0.15, 0.2) is 12.2 Å². The van der Waals surface area contributed by atoms with Gasteiger partial charge in [0.2, 0.25) is 0 Å². The lowest BCUT2D eigenvalue weighted by atomic mass is 10.4. The summed E-state index contributed by atoms with van der Waals surface area (Å²) < 4.78 is 22.6. The van der Waals surface area contributed by atoms with Crippen LogP contribution in [-0.4, -0.2) is 24.8 Å². The van der Waals surface area contributed by atoms with E-state index in [9.17, 15) is 8.42 Å². The van der Waals surface area contributed by atoms with E-state index in [2.05, 4.69) is 15.9 Å². The van der Waals surface area contributed by atoms with Crippen molar-refractivity contribution in [2.75, 3.05) is 11.1 Å². The van der Waals surface area contributed by atoms with Crippen LogP contribution in [0.3, 0.4) is 0 Å². The quantitative estimate of drug-likeness (QED) is 0.548. The molecular weight excluding hydrogens is 252 g/mol. The van der Waals surface area contributed by atoms with Gasteiger partial charge in [0, 0.05) is 5.33 Å². The molecule has 0 saturated carbocycles. The fourth-order valence-corrected chi connectivity index (χ4v) is 1.97. The minimum atomic E-state index is -2.85. The number of sulfone groups is 1. The van der Waals surface area contributed by atoms with Crippen molar-refractivity contribution in [2.45, 2.75) is 31.9 Å². The van der Waals surface area contributed by atoms with Gasteiger partial charge in [-0.1, -0.05) is 28.1 Å². The smallest absolute Gasteiger partial charge is 0.152 e. The number of rotatable bonds is 6. The van der Waals surface area contributed by atoms with E-state index >= 15 is 0 Å². The van der Waals surface area contributed by atoms with E-state index in [0.29, 0.717) is 6.42 Å². The molecule has 0 atom stereocenters. The molecule has 0 heterocycles. The number of allylic oxidation sites excluding steroid dienone is 2. The summed E-state index contributed by atoms with van der Waals surface area (Å²) >= 11 is 3.29. The topological polar surface area (TPSA) is 34.1 Å². The highest BCUT2D eigenvalue weighted by atomic mass is 79.9. The molecule has 2 nitrogen and oxygen atoms in total. The summed E-state index contributed by atoms with van der Waals surface area (Å²) in [5, 5.41) is 0.678. The summed E-state index contributed by atoms with van der Waals surface area (Å²) in [5.74, 6) is 0.267. The van der Waals surface area contributed by atoms with E-state index < -0.39 is 9.84 Å². The summed E-state index contributed by atoms with van der Waals surface area (Å²) in [5.41, 5.74) is 0. The predicted molar refractivity (Wildman–Crippen MR) is 61.1 cm³/mol. The SMILES string of the molecule is CC(C)S(=O)(=O)CC/C=C/CCBr. The lowest BCUT2D eigenvalue weighted by molar-refractivity contribution is 0.587. The Bertz CT molecular complexity index is 242. The van der Waals surface area contributed by atoms with Gasteiger partial charge in [-0.05, 0) is 26.7 Å². The zero-order valence-electron chi connectivity index (χ0n) is 8.16. The minimum absolute atomic E-state index is 0.253. The number of hydrogen-bond donors (Lipinski definition) is 0. The minimum Gasteiger partial charge on any atom is -0.229 e. The maximum absolute atomic E-state index is 11.3. The van der Waals surface area contributed by atoms with Gasteiger partial charge in [0.25, 0.3) is 0 Å². The Hall–Kier alpha value is 0.170. The third-order valence-corrected chi connectivity index (χ3v) is 4.43. The van der Waals surface area contributed by atoms with Crippen molar-refractivity contribution in [3.05, 3.63) is 12.2 Å². The van der Waals surface area contributed by atoms with Gasteiger partial charge < -0.3 is 0 Å². The van der Waals surface area contributed by atoms with Gasteiger partial charge in [-0.2, -0.15) is 0 Å². The molecule has 0 aliphatic heterocycles. The van der Waals surface area contributed by atoms with Crippen LogP contribution >= 0.6 is 15.9 Å². The zero-order chi connectivity index (χ0) is 10.3. The highest BCUT2D eigenvalue weighted by Crippen LogP contribution is 2.03. The van der Waals surface area contributed by atoms with Gasteiger partial charge in [0.05, 0.1) is 11.0 Å². The third kappa shape index (κ3) is 6.27. The molecule has 0 aliphatic rings. The number of halogens is 1. The third-order valence-electron chi connectivity index (χ3n) is 1.73. The fourth-order valence-electron chi connectivity index (χ4n) is 0.767. The Morgan fingerprint density at radius 3 is 2.23 bits per heavy atom. The molecule has 0 N–H and O–H groups in total. The molecule has 0 bridgehead atoms. The molecule has 0 unspecified atom stereocenters. The molecule has 0 spiro atoms. The van der Waals surface area contributed by atoms with Crippen LogP contribution in [0, 0.1) is 0 Å². The van der Waals surface area contributed by atoms with E-state index in [1.807, 2.05) is 12.2 Å². The van der Waals surface area contributed by atoms with E-state index in [1.165, 1.54) is 0 Å². The van der Waals surface area contributed by atoms with Crippen molar-refractivity contribution in [3.8, 4) is 0 Å². The van der Waals surface area contributed by atoms with Gasteiger partial charge in [-0.25, -0.2) is 8.42 Å². The summed E-state index contributed by atoms with van der Waals surface area (Å²) in [7, 11) is -2.85. The molecule has 13 heavy (non-hydrogen) atoms. The van der Waals surface area contributed by atoms with Gasteiger partial charge >= 0.3 is 0 Å². The molecule has 0 aromatic carbocycles. The summed E-state index contributed by atoms with van der Waals surface area (Å²) in [4.78, 5) is 0. The summed E-state index contributed by atoms with van der Waals surface area (Å²) in [6.07, 6.45) is 5.53. The highest BCUT2D eigenvalue weighted by Gasteiger charge is 2.13. The molecule has 0 amide bonds. The van der Waals surface area contributed by atoms with E-state index in [1.54, 1.807) is 13.8 Å². The lowest BCUT2D eigenvalue weighted by Gasteiger charge is -2.04. The maximum Gasteiger partial charge on any atom is 0.152 e. The molecule has 0 aromatic heterocycles. The van der Waals surface area contributed by atoms with Gasteiger partial charge in [-0.3, -0.25) is 0 Å². The normalized spacial score (nSPS) is 12.9. The Kier molecular flexibility index (Phi) is 6.68. The standard InChI is InChI=1S/C9H17BrO2S/c1-9(2)13(11,12)8-6-4-3-5-7-10/h3-4,9H,5-8H2,1-2H3/b4-3+. The average Bonchev–Trinajstić information content (AvgIpc) is 2.03.